The van der Waals surface area contributed by atoms with Crippen molar-refractivity contribution in [1.82, 2.24) is 0 Å². The molecule has 2 N–H and O–H groups in total. The molecule has 0 spiro atoms. The molecule has 0 heterocycles. The molecule has 0 fully saturated rings. The average Bonchev–Trinajstić information content (AvgIpc) is 2.53. The number of aliphatic hydroxyl groups is 1. The molecule has 1 aromatic rings. The standard InChI is InChI=1S/C16H20I2O6/c1-4-16(2,3)15(22)24-8-10(19)7-23-14(21)11-5-9(17)6-12(18)13(11)20/h5-6,10,19-20H,4,7-8H2,1-3H3. The molecule has 0 saturated heterocycles. The number of carbonyl (C=O) groups excluding carboxylic acids is 2. The Morgan fingerprint density at radius 3 is 2.38 bits per heavy atom. The molecule has 0 bridgehead atoms. The lowest BCUT2D eigenvalue weighted by atomic mass is 9.91. The van der Waals surface area contributed by atoms with Crippen LogP contribution in [0.1, 0.15) is 37.6 Å². The molecule has 0 aliphatic carbocycles. The van der Waals surface area contributed by atoms with E-state index >= 15 is 0 Å². The largest absolute Gasteiger partial charge is 0.506 e. The number of carbonyl (C=O) groups is 2. The number of hydrogen-bond acceptors (Lipinski definition) is 6. The van der Waals surface area contributed by atoms with Gasteiger partial charge >= 0.3 is 11.9 Å². The molecule has 0 aromatic heterocycles. The maximum absolute atomic E-state index is 12.0. The molecule has 1 rings (SSSR count). The summed E-state index contributed by atoms with van der Waals surface area (Å²) in [5.41, 5.74) is -0.595. The van der Waals surface area contributed by atoms with Crippen LogP contribution in [-0.2, 0) is 14.3 Å². The van der Waals surface area contributed by atoms with E-state index in [9.17, 15) is 19.8 Å². The third kappa shape index (κ3) is 6.03. The SMILES string of the molecule is CCC(C)(C)C(=O)OCC(O)COC(=O)c1cc(I)cc(I)c1O. The number of phenols is 1. The van der Waals surface area contributed by atoms with Gasteiger partial charge in [0.05, 0.1) is 8.99 Å². The molecular weight excluding hydrogens is 542 g/mol. The van der Waals surface area contributed by atoms with E-state index in [-0.39, 0.29) is 24.5 Å². The van der Waals surface area contributed by atoms with E-state index in [0.29, 0.717) is 9.99 Å². The fourth-order valence-electron chi connectivity index (χ4n) is 1.53. The third-order valence-electron chi connectivity index (χ3n) is 3.50. The summed E-state index contributed by atoms with van der Waals surface area (Å²) in [5.74, 6) is -1.32. The van der Waals surface area contributed by atoms with E-state index in [1.165, 1.54) is 6.07 Å². The van der Waals surface area contributed by atoms with E-state index in [1.807, 2.05) is 52.1 Å². The van der Waals surface area contributed by atoms with Gasteiger partial charge in [-0.25, -0.2) is 4.79 Å². The Bertz CT molecular complexity index is 615. The van der Waals surface area contributed by atoms with Crippen LogP contribution in [0.2, 0.25) is 0 Å². The smallest absolute Gasteiger partial charge is 0.342 e. The number of rotatable bonds is 7. The van der Waals surface area contributed by atoms with Gasteiger partial charge in [0.15, 0.2) is 0 Å². The van der Waals surface area contributed by atoms with Crippen molar-refractivity contribution in [2.75, 3.05) is 13.2 Å². The number of hydrogen-bond donors (Lipinski definition) is 2. The molecule has 24 heavy (non-hydrogen) atoms. The van der Waals surface area contributed by atoms with Crippen molar-refractivity contribution in [1.29, 1.82) is 0 Å². The number of esters is 2. The van der Waals surface area contributed by atoms with Crippen LogP contribution in [0.5, 0.6) is 5.75 Å². The van der Waals surface area contributed by atoms with E-state index in [0.717, 1.165) is 3.57 Å². The maximum atomic E-state index is 12.0. The number of benzene rings is 1. The van der Waals surface area contributed by atoms with Crippen molar-refractivity contribution in [3.05, 3.63) is 24.8 Å². The lowest BCUT2D eigenvalue weighted by Gasteiger charge is -2.21. The van der Waals surface area contributed by atoms with Crippen molar-refractivity contribution in [3.8, 4) is 5.75 Å². The highest BCUT2D eigenvalue weighted by Gasteiger charge is 2.28. The van der Waals surface area contributed by atoms with Gasteiger partial charge in [0.1, 0.15) is 30.6 Å². The molecule has 0 amide bonds. The maximum Gasteiger partial charge on any atom is 0.342 e. The van der Waals surface area contributed by atoms with Crippen LogP contribution in [0.25, 0.3) is 0 Å². The molecule has 6 nitrogen and oxygen atoms in total. The molecule has 1 unspecified atom stereocenters. The number of aromatic hydroxyl groups is 1. The van der Waals surface area contributed by atoms with E-state index in [4.69, 9.17) is 9.47 Å². The van der Waals surface area contributed by atoms with Crippen LogP contribution >= 0.6 is 45.2 Å². The highest BCUT2D eigenvalue weighted by atomic mass is 127. The number of phenolic OH excluding ortho intramolecular Hbond substituents is 1. The summed E-state index contributed by atoms with van der Waals surface area (Å²) in [6.45, 7) is 4.78. The molecular formula is C16H20I2O6. The van der Waals surface area contributed by atoms with Gasteiger partial charge in [-0.1, -0.05) is 6.92 Å². The van der Waals surface area contributed by atoms with Crippen molar-refractivity contribution >= 4 is 57.1 Å². The zero-order valence-corrected chi connectivity index (χ0v) is 18.0. The van der Waals surface area contributed by atoms with Gasteiger partial charge in [-0.15, -0.1) is 0 Å². The molecule has 0 saturated carbocycles. The predicted molar refractivity (Wildman–Crippen MR) is 105 cm³/mol. The highest BCUT2D eigenvalue weighted by molar-refractivity contribution is 14.1. The Morgan fingerprint density at radius 2 is 1.79 bits per heavy atom. The third-order valence-corrected chi connectivity index (χ3v) is 4.94. The minimum Gasteiger partial charge on any atom is -0.506 e. The Kier molecular flexibility index (Phi) is 8.20. The normalized spacial score (nSPS) is 12.6. The van der Waals surface area contributed by atoms with Crippen molar-refractivity contribution in [2.45, 2.75) is 33.3 Å². The molecule has 1 atom stereocenters. The first kappa shape index (κ1) is 21.4. The topological polar surface area (TPSA) is 93.1 Å². The van der Waals surface area contributed by atoms with Crippen molar-refractivity contribution in [2.24, 2.45) is 5.41 Å². The zero-order valence-electron chi connectivity index (χ0n) is 13.6. The quantitative estimate of drug-likeness (QED) is 0.392. The predicted octanol–water partition coefficient (Wildman–Crippen LogP) is 3.10. The first-order chi connectivity index (χ1) is 11.1. The molecule has 8 heteroatoms. The van der Waals surface area contributed by atoms with E-state index in [2.05, 4.69) is 0 Å². The van der Waals surface area contributed by atoms with Crippen LogP contribution in [0.15, 0.2) is 12.1 Å². The summed E-state index contributed by atoms with van der Waals surface area (Å²) < 4.78 is 11.3. The lowest BCUT2D eigenvalue weighted by molar-refractivity contribution is -0.157. The van der Waals surface area contributed by atoms with Gasteiger partial charge in [0.25, 0.3) is 0 Å². The fourth-order valence-corrected chi connectivity index (χ4v) is 3.38. The van der Waals surface area contributed by atoms with Gasteiger partial charge in [0.2, 0.25) is 0 Å². The summed E-state index contributed by atoms with van der Waals surface area (Å²) in [5, 5.41) is 19.7. The number of halogens is 2. The summed E-state index contributed by atoms with van der Waals surface area (Å²) >= 11 is 3.94. The van der Waals surface area contributed by atoms with Gasteiger partial charge in [0, 0.05) is 3.57 Å². The van der Waals surface area contributed by atoms with Gasteiger partial charge in [-0.3, -0.25) is 4.79 Å². The second-order valence-corrected chi connectivity index (χ2v) is 8.28. The second-order valence-electron chi connectivity index (χ2n) is 5.87. The van der Waals surface area contributed by atoms with Crippen molar-refractivity contribution < 1.29 is 29.3 Å². The van der Waals surface area contributed by atoms with Gasteiger partial charge in [-0.05, 0) is 77.6 Å². The zero-order chi connectivity index (χ0) is 18.5. The second kappa shape index (κ2) is 9.18. The summed E-state index contributed by atoms with van der Waals surface area (Å²) in [6.07, 6.45) is -0.517. The summed E-state index contributed by atoms with van der Waals surface area (Å²) in [6, 6.07) is 3.22. The molecule has 0 aliphatic heterocycles. The lowest BCUT2D eigenvalue weighted by Crippen LogP contribution is -2.31. The van der Waals surface area contributed by atoms with E-state index < -0.39 is 23.5 Å². The summed E-state index contributed by atoms with van der Waals surface area (Å²) in [4.78, 5) is 23.8. The summed E-state index contributed by atoms with van der Waals surface area (Å²) in [7, 11) is 0. The number of ether oxygens (including phenoxy) is 2. The molecule has 134 valence electrons. The van der Waals surface area contributed by atoms with Crippen LogP contribution in [-0.4, -0.2) is 41.5 Å². The Balaban J connectivity index is 2.55. The monoisotopic (exact) mass is 562 g/mol. The first-order valence-electron chi connectivity index (χ1n) is 7.29. The minimum atomic E-state index is -1.13. The molecule has 0 radical (unpaired) electrons. The molecule has 0 aliphatic rings. The Hall–Kier alpha value is -0.620. The average molecular weight is 562 g/mol. The van der Waals surface area contributed by atoms with Crippen LogP contribution in [0.3, 0.4) is 0 Å². The van der Waals surface area contributed by atoms with Crippen LogP contribution in [0.4, 0.5) is 0 Å². The van der Waals surface area contributed by atoms with E-state index in [1.54, 1.807) is 19.9 Å². The van der Waals surface area contributed by atoms with Crippen LogP contribution in [0, 0.1) is 12.6 Å². The van der Waals surface area contributed by atoms with Crippen LogP contribution < -0.4 is 0 Å². The Labute approximate surface area is 168 Å². The fraction of sp³-hybridized carbons (Fsp3) is 0.500. The highest BCUT2D eigenvalue weighted by Crippen LogP contribution is 2.27. The number of aliphatic hydroxyl groups excluding tert-OH is 1. The first-order valence-corrected chi connectivity index (χ1v) is 9.44. The van der Waals surface area contributed by atoms with Gasteiger partial charge in [-0.2, -0.15) is 0 Å². The minimum absolute atomic E-state index is 0.0302. The Morgan fingerprint density at radius 1 is 1.21 bits per heavy atom. The van der Waals surface area contributed by atoms with Gasteiger partial charge < -0.3 is 19.7 Å². The molecule has 1 aromatic carbocycles. The van der Waals surface area contributed by atoms with Crippen molar-refractivity contribution in [3.63, 3.8) is 0 Å².